The van der Waals surface area contributed by atoms with Crippen LogP contribution in [-0.4, -0.2) is 0 Å². The molecule has 0 heterocycles. The van der Waals surface area contributed by atoms with Crippen molar-refractivity contribution in [2.45, 2.75) is 31.1 Å². The van der Waals surface area contributed by atoms with Gasteiger partial charge in [-0.1, -0.05) is 96.6 Å². The van der Waals surface area contributed by atoms with Crippen LogP contribution in [0.15, 0.2) is 96.6 Å². The molecule has 1 unspecified atom stereocenters. The lowest BCUT2D eigenvalue weighted by Crippen LogP contribution is -2.33. The van der Waals surface area contributed by atoms with E-state index in [4.69, 9.17) is 0 Å². The molecule has 0 aromatic heterocycles. The number of hydrogen-bond donors (Lipinski definition) is 0. The molecule has 0 saturated heterocycles. The standard InChI is InChI=1S/C27H24/c1-4-10-20(11-5-1)25(21-12-6-2-7-13-21)24-18-23-16-17-26(19-27(23,24)26)22-14-8-3-9-15-22/h1-15,23H,16-19H2/t23-,26-,27?/m1/s1. The number of rotatable bonds is 3. The van der Waals surface area contributed by atoms with E-state index in [-0.39, 0.29) is 0 Å². The summed E-state index contributed by atoms with van der Waals surface area (Å²) in [6.07, 6.45) is 5.40. The third-order valence-electron chi connectivity index (χ3n) is 7.67. The maximum Gasteiger partial charge on any atom is 0.00589 e. The Morgan fingerprint density at radius 2 is 1.26 bits per heavy atom. The molecule has 3 atom stereocenters. The minimum atomic E-state index is 0.404. The van der Waals surface area contributed by atoms with Crippen LogP contribution in [0.1, 0.15) is 42.4 Å². The fourth-order valence-corrected chi connectivity index (χ4v) is 6.47. The van der Waals surface area contributed by atoms with E-state index in [2.05, 4.69) is 91.0 Å². The first-order valence-electron chi connectivity index (χ1n) is 10.3. The first-order chi connectivity index (χ1) is 13.4. The van der Waals surface area contributed by atoms with Gasteiger partial charge in [0.15, 0.2) is 0 Å². The average molecular weight is 348 g/mol. The van der Waals surface area contributed by atoms with E-state index < -0.39 is 0 Å². The molecule has 3 aliphatic carbocycles. The van der Waals surface area contributed by atoms with Crippen molar-refractivity contribution in [3.05, 3.63) is 113 Å². The maximum absolute atomic E-state index is 2.37. The molecule has 0 heteroatoms. The van der Waals surface area contributed by atoms with Crippen LogP contribution >= 0.6 is 0 Å². The zero-order valence-electron chi connectivity index (χ0n) is 15.6. The lowest BCUT2D eigenvalue weighted by molar-refractivity contribution is 0.265. The smallest absolute Gasteiger partial charge is 0.00589 e. The highest BCUT2D eigenvalue weighted by Gasteiger charge is 2.79. The van der Waals surface area contributed by atoms with E-state index in [1.54, 1.807) is 11.1 Å². The van der Waals surface area contributed by atoms with Gasteiger partial charge in [0, 0.05) is 10.8 Å². The van der Waals surface area contributed by atoms with Gasteiger partial charge in [-0.2, -0.15) is 0 Å². The van der Waals surface area contributed by atoms with Crippen LogP contribution in [0.4, 0.5) is 0 Å². The Kier molecular flexibility index (Phi) is 3.12. The van der Waals surface area contributed by atoms with E-state index in [1.165, 1.54) is 42.4 Å². The van der Waals surface area contributed by atoms with Crippen molar-refractivity contribution in [3.8, 4) is 0 Å². The fourth-order valence-electron chi connectivity index (χ4n) is 6.47. The van der Waals surface area contributed by atoms with Gasteiger partial charge >= 0.3 is 0 Å². The highest BCUT2D eigenvalue weighted by Crippen LogP contribution is 2.86. The normalized spacial score (nSPS) is 30.2. The SMILES string of the molecule is c1ccc(C(=C2C[C@H]3CC[C@]4(c5ccccc5)CC234)c2ccccc2)cc1. The van der Waals surface area contributed by atoms with Crippen molar-refractivity contribution in [2.75, 3.05) is 0 Å². The number of hydrogen-bond acceptors (Lipinski definition) is 0. The predicted octanol–water partition coefficient (Wildman–Crippen LogP) is 6.63. The van der Waals surface area contributed by atoms with Crippen LogP contribution in [0, 0.1) is 11.3 Å². The second-order valence-corrected chi connectivity index (χ2v) is 8.62. The van der Waals surface area contributed by atoms with Crippen molar-refractivity contribution in [1.82, 2.24) is 0 Å². The molecule has 0 aliphatic heterocycles. The first kappa shape index (κ1) is 15.5. The zero-order valence-corrected chi connectivity index (χ0v) is 15.6. The average Bonchev–Trinajstić information content (AvgIpc) is 3.40. The third kappa shape index (κ3) is 1.94. The van der Waals surface area contributed by atoms with Crippen molar-refractivity contribution >= 4 is 5.57 Å². The van der Waals surface area contributed by atoms with Crippen LogP contribution in [-0.2, 0) is 5.41 Å². The number of benzene rings is 3. The summed E-state index contributed by atoms with van der Waals surface area (Å²) < 4.78 is 0. The zero-order chi connectivity index (χ0) is 17.9. The number of allylic oxidation sites excluding steroid dienone is 1. The molecule has 0 N–H and O–H groups in total. The summed E-state index contributed by atoms with van der Waals surface area (Å²) in [6.45, 7) is 0. The minimum absolute atomic E-state index is 0.404. The van der Waals surface area contributed by atoms with Crippen molar-refractivity contribution in [1.29, 1.82) is 0 Å². The van der Waals surface area contributed by atoms with Gasteiger partial charge in [-0.3, -0.25) is 0 Å². The molecule has 0 nitrogen and oxygen atoms in total. The molecule has 3 aliphatic rings. The van der Waals surface area contributed by atoms with Gasteiger partial charge in [0.2, 0.25) is 0 Å². The summed E-state index contributed by atoms with van der Waals surface area (Å²) in [4.78, 5) is 0. The molecule has 132 valence electrons. The Balaban J connectivity index is 1.55. The highest BCUT2D eigenvalue weighted by molar-refractivity contribution is 5.85. The fraction of sp³-hybridized carbons (Fsp3) is 0.259. The molecule has 0 bridgehead atoms. The van der Waals surface area contributed by atoms with Crippen LogP contribution < -0.4 is 0 Å². The molecule has 3 aromatic carbocycles. The van der Waals surface area contributed by atoms with Crippen molar-refractivity contribution < 1.29 is 0 Å². The van der Waals surface area contributed by atoms with Gasteiger partial charge in [0.1, 0.15) is 0 Å². The van der Waals surface area contributed by atoms with Crippen LogP contribution in [0.25, 0.3) is 5.57 Å². The first-order valence-corrected chi connectivity index (χ1v) is 10.3. The van der Waals surface area contributed by atoms with E-state index >= 15 is 0 Å². The molecular weight excluding hydrogens is 324 g/mol. The Morgan fingerprint density at radius 1 is 0.704 bits per heavy atom. The second kappa shape index (κ2) is 5.45. The predicted molar refractivity (Wildman–Crippen MR) is 111 cm³/mol. The van der Waals surface area contributed by atoms with Gasteiger partial charge < -0.3 is 0 Å². The summed E-state index contributed by atoms with van der Waals surface area (Å²) in [7, 11) is 0. The Bertz CT molecular complexity index is 974. The summed E-state index contributed by atoms with van der Waals surface area (Å²) in [5, 5.41) is 0. The summed E-state index contributed by atoms with van der Waals surface area (Å²) in [5.41, 5.74) is 8.40. The van der Waals surface area contributed by atoms with Crippen LogP contribution in [0.3, 0.4) is 0 Å². The summed E-state index contributed by atoms with van der Waals surface area (Å²) in [6, 6.07) is 33.5. The molecule has 3 aromatic rings. The van der Waals surface area contributed by atoms with Gasteiger partial charge in [0.25, 0.3) is 0 Å². The summed E-state index contributed by atoms with van der Waals surface area (Å²) >= 11 is 0. The molecule has 6 rings (SSSR count). The largest absolute Gasteiger partial charge is 0.0622 e. The van der Waals surface area contributed by atoms with E-state index in [9.17, 15) is 0 Å². The monoisotopic (exact) mass is 348 g/mol. The van der Waals surface area contributed by atoms with Crippen molar-refractivity contribution in [2.24, 2.45) is 11.3 Å². The van der Waals surface area contributed by atoms with Crippen molar-refractivity contribution in [3.63, 3.8) is 0 Å². The van der Waals surface area contributed by atoms with E-state index in [1.807, 2.05) is 0 Å². The Labute approximate surface area is 161 Å². The van der Waals surface area contributed by atoms with Crippen LogP contribution in [0.5, 0.6) is 0 Å². The third-order valence-corrected chi connectivity index (χ3v) is 7.67. The van der Waals surface area contributed by atoms with Gasteiger partial charge in [-0.25, -0.2) is 0 Å². The Hall–Kier alpha value is -2.60. The molecule has 27 heavy (non-hydrogen) atoms. The van der Waals surface area contributed by atoms with Gasteiger partial charge in [0.05, 0.1) is 0 Å². The minimum Gasteiger partial charge on any atom is -0.0622 e. The molecule has 0 amide bonds. The highest BCUT2D eigenvalue weighted by atomic mass is 14.8. The molecule has 3 saturated carbocycles. The van der Waals surface area contributed by atoms with E-state index in [0.717, 1.165) is 5.92 Å². The van der Waals surface area contributed by atoms with Gasteiger partial charge in [-0.15, -0.1) is 0 Å². The molecular formula is C27H24. The lowest BCUT2D eigenvalue weighted by Gasteiger charge is -2.42. The Morgan fingerprint density at radius 3 is 1.85 bits per heavy atom. The van der Waals surface area contributed by atoms with E-state index in [0.29, 0.717) is 10.8 Å². The maximum atomic E-state index is 2.37. The topological polar surface area (TPSA) is 0 Å². The molecule has 1 spiro atoms. The second-order valence-electron chi connectivity index (χ2n) is 8.62. The van der Waals surface area contributed by atoms with Gasteiger partial charge in [-0.05, 0) is 53.9 Å². The van der Waals surface area contributed by atoms with Crippen LogP contribution in [0.2, 0.25) is 0 Å². The molecule has 3 fully saturated rings. The lowest BCUT2D eigenvalue weighted by atomic mass is 9.62. The summed E-state index contributed by atoms with van der Waals surface area (Å²) in [5.74, 6) is 0.884. The quantitative estimate of drug-likeness (QED) is 0.498. The molecule has 0 radical (unpaired) electrons.